The van der Waals surface area contributed by atoms with Crippen LogP contribution in [0.5, 0.6) is 0 Å². The minimum atomic E-state index is 0.163. The summed E-state index contributed by atoms with van der Waals surface area (Å²) in [5.74, 6) is 0.554. The number of nitrogens with zero attached hydrogens (tertiary/aromatic N) is 1. The lowest BCUT2D eigenvalue weighted by Gasteiger charge is -2.25. The Morgan fingerprint density at radius 1 is 1.35 bits per heavy atom. The van der Waals surface area contributed by atoms with Crippen LogP contribution in [0, 0.1) is 11.3 Å². The van der Waals surface area contributed by atoms with Crippen LogP contribution in [0.4, 0.5) is 5.69 Å². The zero-order chi connectivity index (χ0) is 15.3. The molecule has 0 aliphatic rings. The van der Waals surface area contributed by atoms with Crippen molar-refractivity contribution in [2.24, 2.45) is 17.1 Å². The lowest BCUT2D eigenvalue weighted by Crippen LogP contribution is -2.28. The van der Waals surface area contributed by atoms with Gasteiger partial charge in [-0.25, -0.2) is 0 Å². The Morgan fingerprint density at radius 3 is 2.55 bits per heavy atom. The van der Waals surface area contributed by atoms with Crippen molar-refractivity contribution in [2.45, 2.75) is 47.1 Å². The van der Waals surface area contributed by atoms with E-state index in [1.54, 1.807) is 4.90 Å². The fraction of sp³-hybridized carbons (Fsp3) is 0.588. The summed E-state index contributed by atoms with van der Waals surface area (Å²) in [5.41, 5.74) is 7.87. The molecular formula is C17H28N2O. The van der Waals surface area contributed by atoms with Crippen LogP contribution in [0.3, 0.4) is 0 Å². The van der Waals surface area contributed by atoms with Gasteiger partial charge in [-0.2, -0.15) is 0 Å². The van der Waals surface area contributed by atoms with E-state index in [2.05, 4.69) is 27.7 Å². The monoisotopic (exact) mass is 276 g/mol. The van der Waals surface area contributed by atoms with E-state index < -0.39 is 0 Å². The van der Waals surface area contributed by atoms with Gasteiger partial charge in [-0.05, 0) is 35.4 Å². The summed E-state index contributed by atoms with van der Waals surface area (Å²) in [5, 5.41) is 0. The van der Waals surface area contributed by atoms with Gasteiger partial charge in [0.1, 0.15) is 0 Å². The number of carbonyl (C=O) groups is 1. The molecule has 0 bridgehead atoms. The second-order valence-electron chi connectivity index (χ2n) is 6.90. The van der Waals surface area contributed by atoms with Crippen molar-refractivity contribution in [3.63, 3.8) is 0 Å². The first-order chi connectivity index (χ1) is 9.23. The first kappa shape index (κ1) is 16.7. The summed E-state index contributed by atoms with van der Waals surface area (Å²) >= 11 is 0. The normalized spacial score (nSPS) is 13.1. The van der Waals surface area contributed by atoms with Gasteiger partial charge in [-0.3, -0.25) is 4.79 Å². The van der Waals surface area contributed by atoms with E-state index in [-0.39, 0.29) is 11.3 Å². The van der Waals surface area contributed by atoms with Crippen LogP contribution < -0.4 is 10.6 Å². The van der Waals surface area contributed by atoms with Crippen molar-refractivity contribution < 1.29 is 4.79 Å². The fourth-order valence-electron chi connectivity index (χ4n) is 2.59. The van der Waals surface area contributed by atoms with E-state index in [1.807, 2.05) is 31.3 Å². The second kappa shape index (κ2) is 6.89. The molecule has 1 aromatic carbocycles. The van der Waals surface area contributed by atoms with Gasteiger partial charge >= 0.3 is 0 Å². The number of benzene rings is 1. The molecule has 0 radical (unpaired) electrons. The molecule has 0 aliphatic heterocycles. The van der Waals surface area contributed by atoms with Crippen LogP contribution in [0.2, 0.25) is 0 Å². The number of hydrogen-bond acceptors (Lipinski definition) is 2. The Balaban J connectivity index is 2.66. The molecule has 0 aromatic heterocycles. The maximum absolute atomic E-state index is 12.3. The van der Waals surface area contributed by atoms with E-state index in [9.17, 15) is 4.79 Å². The summed E-state index contributed by atoms with van der Waals surface area (Å²) in [4.78, 5) is 14.1. The van der Waals surface area contributed by atoms with E-state index in [0.29, 0.717) is 18.9 Å². The molecule has 1 unspecified atom stereocenters. The zero-order valence-electron chi connectivity index (χ0n) is 13.4. The van der Waals surface area contributed by atoms with E-state index in [4.69, 9.17) is 5.73 Å². The largest absolute Gasteiger partial charge is 0.326 e. The van der Waals surface area contributed by atoms with Crippen LogP contribution in [-0.2, 0) is 11.3 Å². The van der Waals surface area contributed by atoms with Gasteiger partial charge in [0.2, 0.25) is 5.91 Å². The third kappa shape index (κ3) is 5.33. The number of carbonyl (C=O) groups excluding carboxylic acids is 1. The Morgan fingerprint density at radius 2 is 2.00 bits per heavy atom. The predicted molar refractivity (Wildman–Crippen MR) is 85.6 cm³/mol. The topological polar surface area (TPSA) is 46.3 Å². The molecule has 1 aromatic rings. The highest BCUT2D eigenvalue weighted by Gasteiger charge is 2.20. The van der Waals surface area contributed by atoms with Gasteiger partial charge in [0.25, 0.3) is 0 Å². The molecule has 3 heteroatoms. The molecule has 112 valence electrons. The minimum absolute atomic E-state index is 0.163. The molecule has 0 saturated carbocycles. The smallest absolute Gasteiger partial charge is 0.226 e. The molecule has 3 nitrogen and oxygen atoms in total. The first-order valence-corrected chi connectivity index (χ1v) is 7.28. The molecule has 2 N–H and O–H groups in total. The zero-order valence-corrected chi connectivity index (χ0v) is 13.4. The fourth-order valence-corrected chi connectivity index (χ4v) is 2.59. The third-order valence-corrected chi connectivity index (χ3v) is 3.39. The van der Waals surface area contributed by atoms with Gasteiger partial charge in [0, 0.05) is 25.7 Å². The number of rotatable bonds is 5. The molecule has 20 heavy (non-hydrogen) atoms. The van der Waals surface area contributed by atoms with Crippen LogP contribution in [0.15, 0.2) is 24.3 Å². The second-order valence-corrected chi connectivity index (χ2v) is 6.90. The highest BCUT2D eigenvalue weighted by molar-refractivity contribution is 5.92. The molecule has 1 rings (SSSR count). The van der Waals surface area contributed by atoms with Crippen molar-refractivity contribution in [1.82, 2.24) is 0 Å². The highest BCUT2D eigenvalue weighted by atomic mass is 16.2. The maximum Gasteiger partial charge on any atom is 0.226 e. The van der Waals surface area contributed by atoms with Crippen molar-refractivity contribution in [1.29, 1.82) is 0 Å². The summed E-state index contributed by atoms with van der Waals surface area (Å²) in [6.45, 7) is 9.27. The van der Waals surface area contributed by atoms with Crippen LogP contribution in [0.25, 0.3) is 0 Å². The number of amides is 1. The SMILES string of the molecule is CC(CC(=O)N(C)c1cccc(CN)c1)CC(C)(C)C. The molecule has 0 saturated heterocycles. The van der Waals surface area contributed by atoms with Crippen LogP contribution in [-0.4, -0.2) is 13.0 Å². The number of hydrogen-bond donors (Lipinski definition) is 1. The average Bonchev–Trinajstić information content (AvgIpc) is 2.35. The maximum atomic E-state index is 12.3. The van der Waals surface area contributed by atoms with Crippen molar-refractivity contribution >= 4 is 11.6 Å². The average molecular weight is 276 g/mol. The van der Waals surface area contributed by atoms with Gasteiger partial charge in [-0.15, -0.1) is 0 Å². The quantitative estimate of drug-likeness (QED) is 0.893. The van der Waals surface area contributed by atoms with Gasteiger partial charge < -0.3 is 10.6 Å². The minimum Gasteiger partial charge on any atom is -0.326 e. The van der Waals surface area contributed by atoms with Crippen LogP contribution in [0.1, 0.15) is 46.1 Å². The van der Waals surface area contributed by atoms with Crippen molar-refractivity contribution in [3.8, 4) is 0 Å². The molecular weight excluding hydrogens is 248 g/mol. The van der Waals surface area contributed by atoms with E-state index in [1.165, 1.54) is 0 Å². The molecule has 1 amide bonds. The Kier molecular flexibility index (Phi) is 5.75. The van der Waals surface area contributed by atoms with Crippen molar-refractivity contribution in [2.75, 3.05) is 11.9 Å². The molecule has 1 atom stereocenters. The standard InChI is InChI=1S/C17H28N2O/c1-13(11-17(2,3)4)9-16(20)19(5)15-8-6-7-14(10-15)12-18/h6-8,10,13H,9,11-12,18H2,1-5H3. The molecule has 0 aliphatic carbocycles. The lowest BCUT2D eigenvalue weighted by molar-refractivity contribution is -0.119. The third-order valence-electron chi connectivity index (χ3n) is 3.39. The van der Waals surface area contributed by atoms with Gasteiger partial charge in [0.15, 0.2) is 0 Å². The summed E-state index contributed by atoms with van der Waals surface area (Å²) in [6, 6.07) is 7.85. The first-order valence-electron chi connectivity index (χ1n) is 7.28. The summed E-state index contributed by atoms with van der Waals surface area (Å²) in [7, 11) is 1.84. The van der Waals surface area contributed by atoms with E-state index in [0.717, 1.165) is 17.7 Å². The lowest BCUT2D eigenvalue weighted by atomic mass is 9.84. The number of anilines is 1. The predicted octanol–water partition coefficient (Wildman–Crippen LogP) is 3.57. The summed E-state index contributed by atoms with van der Waals surface area (Å²) < 4.78 is 0. The molecule has 0 heterocycles. The number of nitrogens with two attached hydrogens (primary N) is 1. The van der Waals surface area contributed by atoms with E-state index >= 15 is 0 Å². The summed E-state index contributed by atoms with van der Waals surface area (Å²) in [6.07, 6.45) is 1.63. The van der Waals surface area contributed by atoms with Crippen LogP contribution >= 0.6 is 0 Å². The van der Waals surface area contributed by atoms with Gasteiger partial charge in [-0.1, -0.05) is 39.8 Å². The van der Waals surface area contributed by atoms with Crippen molar-refractivity contribution in [3.05, 3.63) is 29.8 Å². The Bertz CT molecular complexity index is 449. The Labute approximate surface area is 123 Å². The molecule has 0 fully saturated rings. The van der Waals surface area contributed by atoms with Gasteiger partial charge in [0.05, 0.1) is 0 Å². The highest BCUT2D eigenvalue weighted by Crippen LogP contribution is 2.27. The molecule has 0 spiro atoms. The Hall–Kier alpha value is -1.35.